The maximum atomic E-state index is 12.7. The van der Waals surface area contributed by atoms with Gasteiger partial charge in [-0.1, -0.05) is 32.0 Å². The van der Waals surface area contributed by atoms with Gasteiger partial charge < -0.3 is 15.4 Å². The Kier molecular flexibility index (Phi) is 7.74. The molecule has 0 saturated carbocycles. The van der Waals surface area contributed by atoms with Gasteiger partial charge in [-0.3, -0.25) is 9.59 Å². The topological polar surface area (TPSA) is 105 Å². The minimum Gasteiger partial charge on any atom is -0.496 e. The average molecular weight is 420 g/mol. The monoisotopic (exact) mass is 419 g/mol. The van der Waals surface area contributed by atoms with Crippen LogP contribution in [0.5, 0.6) is 5.75 Å². The summed E-state index contributed by atoms with van der Waals surface area (Å²) in [6.07, 6.45) is 0. The van der Waals surface area contributed by atoms with E-state index in [9.17, 15) is 18.0 Å². The number of carbonyl (C=O) groups is 2. The Bertz CT molecular complexity index is 957. The average Bonchev–Trinajstić information content (AvgIpc) is 2.73. The number of methoxy groups -OCH3 is 1. The van der Waals surface area contributed by atoms with Crippen molar-refractivity contribution in [2.45, 2.75) is 18.7 Å². The molecule has 9 heteroatoms. The highest BCUT2D eigenvalue weighted by Gasteiger charge is 2.24. The zero-order valence-corrected chi connectivity index (χ0v) is 17.5. The third-order valence-electron chi connectivity index (χ3n) is 4.23. The van der Waals surface area contributed by atoms with E-state index in [-0.39, 0.29) is 22.8 Å². The van der Waals surface area contributed by atoms with Gasteiger partial charge in [0.1, 0.15) is 5.75 Å². The second kappa shape index (κ2) is 10.0. The molecule has 2 aromatic rings. The van der Waals surface area contributed by atoms with Crippen LogP contribution in [0.3, 0.4) is 0 Å². The molecule has 0 atom stereocenters. The number of anilines is 1. The van der Waals surface area contributed by atoms with Crippen molar-refractivity contribution in [1.82, 2.24) is 9.62 Å². The van der Waals surface area contributed by atoms with E-state index in [0.717, 1.165) is 0 Å². The number of nitrogens with one attached hydrogen (secondary N) is 2. The standard InChI is InChI=1S/C20H25N3O5S/c1-4-23(5-2)29(26,27)16-11-12-18(28-3)17(13-16)20(25)21-14-19(24)22-15-9-7-6-8-10-15/h6-13H,4-5,14H2,1-3H3,(H,21,25)(H,22,24). The molecule has 156 valence electrons. The highest BCUT2D eigenvalue weighted by Crippen LogP contribution is 2.24. The molecule has 2 N–H and O–H groups in total. The minimum absolute atomic E-state index is 0.0131. The number of benzene rings is 2. The summed E-state index contributed by atoms with van der Waals surface area (Å²) in [6, 6.07) is 12.9. The van der Waals surface area contributed by atoms with Crippen LogP contribution in [0.25, 0.3) is 0 Å². The molecule has 0 spiro atoms. The maximum absolute atomic E-state index is 12.7. The lowest BCUT2D eigenvalue weighted by molar-refractivity contribution is -0.115. The minimum atomic E-state index is -3.74. The van der Waals surface area contributed by atoms with Gasteiger partial charge in [0, 0.05) is 18.8 Å². The maximum Gasteiger partial charge on any atom is 0.255 e. The van der Waals surface area contributed by atoms with E-state index in [1.54, 1.807) is 38.1 Å². The number of amides is 2. The zero-order chi connectivity index (χ0) is 21.4. The van der Waals surface area contributed by atoms with Crippen molar-refractivity contribution in [3.05, 3.63) is 54.1 Å². The lowest BCUT2D eigenvalue weighted by atomic mass is 10.2. The Balaban J connectivity index is 2.17. The molecule has 0 aliphatic carbocycles. The molecule has 2 rings (SSSR count). The molecule has 0 aliphatic rings. The lowest BCUT2D eigenvalue weighted by Gasteiger charge is -2.19. The number of para-hydroxylation sites is 1. The van der Waals surface area contributed by atoms with E-state index < -0.39 is 21.8 Å². The molecule has 0 radical (unpaired) electrons. The van der Waals surface area contributed by atoms with Gasteiger partial charge in [0.25, 0.3) is 5.91 Å². The van der Waals surface area contributed by atoms with Crippen LogP contribution in [0.1, 0.15) is 24.2 Å². The predicted molar refractivity (Wildman–Crippen MR) is 111 cm³/mol. The molecule has 0 heterocycles. The zero-order valence-electron chi connectivity index (χ0n) is 16.6. The highest BCUT2D eigenvalue weighted by atomic mass is 32.2. The van der Waals surface area contributed by atoms with Gasteiger partial charge in [0.15, 0.2) is 0 Å². The van der Waals surface area contributed by atoms with Gasteiger partial charge in [-0.05, 0) is 30.3 Å². The molecule has 2 aromatic carbocycles. The van der Waals surface area contributed by atoms with E-state index in [1.807, 2.05) is 6.07 Å². The first kappa shape index (κ1) is 22.4. The van der Waals surface area contributed by atoms with Gasteiger partial charge in [0.2, 0.25) is 15.9 Å². The fraction of sp³-hybridized carbons (Fsp3) is 0.300. The smallest absolute Gasteiger partial charge is 0.255 e. The number of carbonyl (C=O) groups excluding carboxylic acids is 2. The Morgan fingerprint density at radius 3 is 2.28 bits per heavy atom. The van der Waals surface area contributed by atoms with Gasteiger partial charge in [-0.25, -0.2) is 8.42 Å². The molecular formula is C20H25N3O5S. The summed E-state index contributed by atoms with van der Waals surface area (Å²) in [5.41, 5.74) is 0.643. The van der Waals surface area contributed by atoms with Crippen LogP contribution < -0.4 is 15.4 Å². The molecule has 0 saturated heterocycles. The molecule has 0 aliphatic heterocycles. The number of ether oxygens (including phenoxy) is 1. The van der Waals surface area contributed by atoms with Crippen LogP contribution in [-0.2, 0) is 14.8 Å². The first-order valence-electron chi connectivity index (χ1n) is 9.14. The van der Waals surface area contributed by atoms with Crippen molar-refractivity contribution in [3.8, 4) is 5.75 Å². The SMILES string of the molecule is CCN(CC)S(=O)(=O)c1ccc(OC)c(C(=O)NCC(=O)Nc2ccccc2)c1. The van der Waals surface area contributed by atoms with E-state index >= 15 is 0 Å². The molecule has 8 nitrogen and oxygen atoms in total. The summed E-state index contributed by atoms with van der Waals surface area (Å²) in [7, 11) is -2.35. The van der Waals surface area contributed by atoms with E-state index in [2.05, 4.69) is 10.6 Å². The highest BCUT2D eigenvalue weighted by molar-refractivity contribution is 7.89. The molecule has 2 amide bonds. The summed E-state index contributed by atoms with van der Waals surface area (Å²) < 4.78 is 31.9. The van der Waals surface area contributed by atoms with E-state index in [4.69, 9.17) is 4.74 Å². The number of hydrogen-bond acceptors (Lipinski definition) is 5. The fourth-order valence-corrected chi connectivity index (χ4v) is 4.20. The second-order valence-corrected chi connectivity index (χ2v) is 7.99. The van der Waals surface area contributed by atoms with Crippen LogP contribution in [0.2, 0.25) is 0 Å². The lowest BCUT2D eigenvalue weighted by Crippen LogP contribution is -2.33. The molecule has 0 unspecified atom stereocenters. The summed E-state index contributed by atoms with van der Waals surface area (Å²) in [5, 5.41) is 5.15. The van der Waals surface area contributed by atoms with Crippen LogP contribution in [-0.4, -0.2) is 51.3 Å². The van der Waals surface area contributed by atoms with Crippen molar-refractivity contribution in [2.75, 3.05) is 32.1 Å². The molecule has 0 aromatic heterocycles. The Labute approximate surface area is 170 Å². The van der Waals surface area contributed by atoms with Crippen molar-refractivity contribution >= 4 is 27.5 Å². The van der Waals surface area contributed by atoms with Crippen molar-refractivity contribution in [2.24, 2.45) is 0 Å². The third-order valence-corrected chi connectivity index (χ3v) is 6.27. The largest absolute Gasteiger partial charge is 0.496 e. The normalized spacial score (nSPS) is 11.2. The summed E-state index contributed by atoms with van der Waals surface area (Å²) in [4.78, 5) is 24.6. The molecular weight excluding hydrogens is 394 g/mol. The number of nitrogens with zero attached hydrogens (tertiary/aromatic N) is 1. The predicted octanol–water partition coefficient (Wildman–Crippen LogP) is 2.09. The van der Waals surface area contributed by atoms with Crippen LogP contribution in [0, 0.1) is 0 Å². The van der Waals surface area contributed by atoms with Gasteiger partial charge in [0.05, 0.1) is 24.1 Å². The first-order valence-corrected chi connectivity index (χ1v) is 10.6. The molecule has 29 heavy (non-hydrogen) atoms. The van der Waals surface area contributed by atoms with Crippen molar-refractivity contribution < 1.29 is 22.7 Å². The second-order valence-electron chi connectivity index (χ2n) is 6.05. The first-order chi connectivity index (χ1) is 13.8. The van der Waals surface area contributed by atoms with Crippen molar-refractivity contribution in [3.63, 3.8) is 0 Å². The van der Waals surface area contributed by atoms with Crippen molar-refractivity contribution in [1.29, 1.82) is 0 Å². The third kappa shape index (κ3) is 5.55. The fourth-order valence-electron chi connectivity index (χ4n) is 2.72. The number of hydrogen-bond donors (Lipinski definition) is 2. The summed E-state index contributed by atoms with van der Waals surface area (Å²) in [5.74, 6) is -0.804. The quantitative estimate of drug-likeness (QED) is 0.648. The van der Waals surface area contributed by atoms with Crippen LogP contribution in [0.4, 0.5) is 5.69 Å². The van der Waals surface area contributed by atoms with Gasteiger partial charge in [-0.2, -0.15) is 4.31 Å². The summed E-state index contributed by atoms with van der Waals surface area (Å²) >= 11 is 0. The van der Waals surface area contributed by atoms with Crippen LogP contribution >= 0.6 is 0 Å². The Hall–Kier alpha value is -2.91. The van der Waals surface area contributed by atoms with Gasteiger partial charge >= 0.3 is 0 Å². The van der Waals surface area contributed by atoms with E-state index in [0.29, 0.717) is 18.8 Å². The Morgan fingerprint density at radius 1 is 1.03 bits per heavy atom. The summed E-state index contributed by atoms with van der Waals surface area (Å²) in [6.45, 7) is 3.83. The number of sulfonamides is 1. The van der Waals surface area contributed by atoms with Crippen LogP contribution in [0.15, 0.2) is 53.4 Å². The molecule has 0 bridgehead atoms. The Morgan fingerprint density at radius 2 is 1.69 bits per heavy atom. The number of rotatable bonds is 9. The van der Waals surface area contributed by atoms with Gasteiger partial charge in [-0.15, -0.1) is 0 Å². The van der Waals surface area contributed by atoms with E-state index in [1.165, 1.54) is 29.6 Å². The molecule has 0 fully saturated rings.